The molecule has 100 valence electrons. The van der Waals surface area contributed by atoms with Crippen LogP contribution < -0.4 is 5.73 Å². The van der Waals surface area contributed by atoms with E-state index in [2.05, 4.69) is 13.8 Å². The van der Waals surface area contributed by atoms with E-state index < -0.39 is 0 Å². The van der Waals surface area contributed by atoms with Crippen molar-refractivity contribution in [3.63, 3.8) is 0 Å². The molecule has 0 saturated carbocycles. The third-order valence-corrected chi connectivity index (χ3v) is 3.82. The molecule has 0 aromatic rings. The third-order valence-electron chi connectivity index (χ3n) is 3.82. The van der Waals surface area contributed by atoms with Gasteiger partial charge in [0.2, 0.25) is 5.91 Å². The van der Waals surface area contributed by atoms with Gasteiger partial charge in [0, 0.05) is 25.0 Å². The zero-order valence-corrected chi connectivity index (χ0v) is 11.8. The number of carbonyl (C=O) groups excluding carboxylic acids is 1. The summed E-state index contributed by atoms with van der Waals surface area (Å²) in [7, 11) is 0. The maximum Gasteiger partial charge on any atom is 0.222 e. The van der Waals surface area contributed by atoms with Crippen LogP contribution in [-0.2, 0) is 4.79 Å². The molecule has 17 heavy (non-hydrogen) atoms. The number of nitrogens with two attached hydrogens (primary N) is 1. The van der Waals surface area contributed by atoms with Gasteiger partial charge in [-0.1, -0.05) is 13.8 Å². The Labute approximate surface area is 106 Å². The van der Waals surface area contributed by atoms with E-state index in [9.17, 15) is 4.79 Å². The van der Waals surface area contributed by atoms with Crippen molar-refractivity contribution in [1.82, 2.24) is 4.90 Å². The number of carbonyl (C=O) groups is 1. The van der Waals surface area contributed by atoms with Crippen LogP contribution in [0, 0.1) is 11.8 Å². The highest BCUT2D eigenvalue weighted by Gasteiger charge is 2.25. The molecule has 3 heteroatoms. The molecule has 0 atom stereocenters. The molecule has 0 radical (unpaired) electrons. The van der Waals surface area contributed by atoms with Gasteiger partial charge in [-0.15, -0.1) is 0 Å². The molecule has 3 nitrogen and oxygen atoms in total. The minimum Gasteiger partial charge on any atom is -0.343 e. The average Bonchev–Trinajstić information content (AvgIpc) is 2.25. The van der Waals surface area contributed by atoms with Crippen molar-refractivity contribution in [3.8, 4) is 0 Å². The SMILES string of the molecule is CC(C)C1CCN(C(=O)CCC(C)(C)N)CC1. The first-order chi connectivity index (χ1) is 7.79. The summed E-state index contributed by atoms with van der Waals surface area (Å²) in [6, 6.07) is 0. The second-order valence-electron chi connectivity index (χ2n) is 6.45. The summed E-state index contributed by atoms with van der Waals surface area (Å²) in [4.78, 5) is 14.0. The van der Waals surface area contributed by atoms with E-state index in [-0.39, 0.29) is 11.4 Å². The van der Waals surface area contributed by atoms with Gasteiger partial charge < -0.3 is 10.6 Å². The zero-order valence-electron chi connectivity index (χ0n) is 11.8. The topological polar surface area (TPSA) is 46.3 Å². The highest BCUT2D eigenvalue weighted by atomic mass is 16.2. The fourth-order valence-electron chi connectivity index (χ4n) is 2.40. The van der Waals surface area contributed by atoms with E-state index >= 15 is 0 Å². The first-order valence-electron chi connectivity index (χ1n) is 6.86. The highest BCUT2D eigenvalue weighted by Crippen LogP contribution is 2.25. The fourth-order valence-corrected chi connectivity index (χ4v) is 2.40. The van der Waals surface area contributed by atoms with Gasteiger partial charge in [-0.05, 0) is 44.9 Å². The number of rotatable bonds is 4. The van der Waals surface area contributed by atoms with E-state index in [1.54, 1.807) is 0 Å². The fraction of sp³-hybridized carbons (Fsp3) is 0.929. The Morgan fingerprint density at radius 2 is 1.88 bits per heavy atom. The molecule has 0 bridgehead atoms. The lowest BCUT2D eigenvalue weighted by Crippen LogP contribution is -2.41. The van der Waals surface area contributed by atoms with E-state index in [4.69, 9.17) is 5.73 Å². The number of piperidine rings is 1. The number of amides is 1. The van der Waals surface area contributed by atoms with Crippen molar-refractivity contribution in [3.05, 3.63) is 0 Å². The molecule has 1 amide bonds. The van der Waals surface area contributed by atoms with Gasteiger partial charge in [0.1, 0.15) is 0 Å². The highest BCUT2D eigenvalue weighted by molar-refractivity contribution is 5.76. The van der Waals surface area contributed by atoms with Crippen molar-refractivity contribution < 1.29 is 4.79 Å². The first kappa shape index (κ1) is 14.5. The van der Waals surface area contributed by atoms with Gasteiger partial charge in [-0.2, -0.15) is 0 Å². The summed E-state index contributed by atoms with van der Waals surface area (Å²) >= 11 is 0. The van der Waals surface area contributed by atoms with Gasteiger partial charge in [-0.3, -0.25) is 4.79 Å². The minimum atomic E-state index is -0.230. The van der Waals surface area contributed by atoms with Crippen LogP contribution in [0.2, 0.25) is 0 Å². The summed E-state index contributed by atoms with van der Waals surface area (Å²) in [6.45, 7) is 10.4. The number of likely N-dealkylation sites (tertiary alicyclic amines) is 1. The molecule has 1 rings (SSSR count). The molecule has 1 aliphatic rings. The van der Waals surface area contributed by atoms with Gasteiger partial charge in [0.15, 0.2) is 0 Å². The lowest BCUT2D eigenvalue weighted by molar-refractivity contribution is -0.133. The van der Waals surface area contributed by atoms with Gasteiger partial charge in [-0.25, -0.2) is 0 Å². The van der Waals surface area contributed by atoms with Gasteiger partial charge in [0.25, 0.3) is 0 Å². The molecule has 0 aliphatic carbocycles. The standard InChI is InChI=1S/C14H28N2O/c1-11(2)12-6-9-16(10-7-12)13(17)5-8-14(3,4)15/h11-12H,5-10,15H2,1-4H3. The smallest absolute Gasteiger partial charge is 0.222 e. The largest absolute Gasteiger partial charge is 0.343 e. The van der Waals surface area contributed by atoms with Crippen molar-refractivity contribution >= 4 is 5.91 Å². The normalized spacial score (nSPS) is 18.8. The number of hydrogen-bond acceptors (Lipinski definition) is 2. The molecule has 1 heterocycles. The zero-order chi connectivity index (χ0) is 13.1. The van der Waals surface area contributed by atoms with Crippen LogP contribution >= 0.6 is 0 Å². The Morgan fingerprint density at radius 3 is 2.29 bits per heavy atom. The minimum absolute atomic E-state index is 0.230. The summed E-state index contributed by atoms with van der Waals surface area (Å²) in [5.41, 5.74) is 5.67. The first-order valence-corrected chi connectivity index (χ1v) is 6.86. The summed E-state index contributed by atoms with van der Waals surface area (Å²) in [5.74, 6) is 1.82. The van der Waals surface area contributed by atoms with Gasteiger partial charge >= 0.3 is 0 Å². The molecular formula is C14H28N2O. The molecule has 1 saturated heterocycles. The predicted molar refractivity (Wildman–Crippen MR) is 71.6 cm³/mol. The molecule has 1 fully saturated rings. The van der Waals surface area contributed by atoms with E-state index in [0.717, 1.165) is 44.2 Å². The van der Waals surface area contributed by atoms with Crippen LogP contribution in [0.4, 0.5) is 0 Å². The van der Waals surface area contributed by atoms with Crippen molar-refractivity contribution in [2.75, 3.05) is 13.1 Å². The Morgan fingerprint density at radius 1 is 1.35 bits per heavy atom. The second-order valence-corrected chi connectivity index (χ2v) is 6.45. The summed E-state index contributed by atoms with van der Waals surface area (Å²) in [5, 5.41) is 0. The van der Waals surface area contributed by atoms with Gasteiger partial charge in [0.05, 0.1) is 0 Å². The van der Waals surface area contributed by atoms with Crippen LogP contribution in [-0.4, -0.2) is 29.4 Å². The van der Waals surface area contributed by atoms with Crippen LogP contribution in [0.1, 0.15) is 53.4 Å². The lowest BCUT2D eigenvalue weighted by atomic mass is 9.86. The Kier molecular flexibility index (Phi) is 4.99. The second kappa shape index (κ2) is 5.85. The van der Waals surface area contributed by atoms with Crippen molar-refractivity contribution in [1.29, 1.82) is 0 Å². The van der Waals surface area contributed by atoms with E-state index in [1.165, 1.54) is 0 Å². The molecule has 0 aromatic heterocycles. The molecule has 0 aromatic carbocycles. The molecule has 1 aliphatic heterocycles. The van der Waals surface area contributed by atoms with Crippen LogP contribution in [0.15, 0.2) is 0 Å². The maximum absolute atomic E-state index is 12.0. The van der Waals surface area contributed by atoms with E-state index in [1.807, 2.05) is 18.7 Å². The number of nitrogens with zero attached hydrogens (tertiary/aromatic N) is 1. The van der Waals surface area contributed by atoms with Crippen molar-refractivity contribution in [2.24, 2.45) is 17.6 Å². The van der Waals surface area contributed by atoms with Crippen LogP contribution in [0.5, 0.6) is 0 Å². The molecule has 0 unspecified atom stereocenters. The lowest BCUT2D eigenvalue weighted by Gasteiger charge is -2.34. The molecular weight excluding hydrogens is 212 g/mol. The van der Waals surface area contributed by atoms with Crippen molar-refractivity contribution in [2.45, 2.75) is 58.9 Å². The van der Waals surface area contributed by atoms with Crippen LogP contribution in [0.3, 0.4) is 0 Å². The Balaban J connectivity index is 2.31. The van der Waals surface area contributed by atoms with E-state index in [0.29, 0.717) is 6.42 Å². The Bertz CT molecular complexity index is 247. The molecule has 2 N–H and O–H groups in total. The monoisotopic (exact) mass is 240 g/mol. The quantitative estimate of drug-likeness (QED) is 0.820. The average molecular weight is 240 g/mol. The molecule has 0 spiro atoms. The Hall–Kier alpha value is -0.570. The summed E-state index contributed by atoms with van der Waals surface area (Å²) in [6.07, 6.45) is 3.69. The summed E-state index contributed by atoms with van der Waals surface area (Å²) < 4.78 is 0. The third kappa shape index (κ3) is 5.07. The predicted octanol–water partition coefficient (Wildman–Crippen LogP) is 2.40. The maximum atomic E-state index is 12.0. The number of hydrogen-bond donors (Lipinski definition) is 1. The van der Waals surface area contributed by atoms with Crippen LogP contribution in [0.25, 0.3) is 0 Å².